The van der Waals surface area contributed by atoms with E-state index in [1.165, 1.54) is 0 Å². The van der Waals surface area contributed by atoms with E-state index in [0.717, 1.165) is 5.69 Å². The van der Waals surface area contributed by atoms with Crippen LogP contribution in [0.2, 0.25) is 0 Å². The van der Waals surface area contributed by atoms with E-state index < -0.39 is 18.1 Å². The summed E-state index contributed by atoms with van der Waals surface area (Å²) in [6.07, 6.45) is 2.41. The predicted octanol–water partition coefficient (Wildman–Crippen LogP) is 0.423. The number of likely N-dealkylation sites (tertiary alicyclic amines) is 1. The molecule has 1 aromatic rings. The molecule has 3 N–H and O–H groups in total. The van der Waals surface area contributed by atoms with Gasteiger partial charge >= 0.3 is 5.97 Å². The maximum atomic E-state index is 11.2. The first-order chi connectivity index (χ1) is 8.61. The zero-order chi connectivity index (χ0) is 13.1. The first-order valence-electron chi connectivity index (χ1n) is 6.26. The summed E-state index contributed by atoms with van der Waals surface area (Å²) in [5.41, 5.74) is 0.967. The van der Waals surface area contributed by atoms with Crippen LogP contribution in [0.3, 0.4) is 0 Å². The number of carboxylic acid groups (broad SMARTS) is 1. The predicted molar refractivity (Wildman–Crippen MR) is 65.2 cm³/mol. The van der Waals surface area contributed by atoms with Crippen molar-refractivity contribution in [1.29, 1.82) is 0 Å². The highest BCUT2D eigenvalue weighted by Gasteiger charge is 2.38. The standard InChI is InChI=1S/C12H19N3O3/c1-2-9(16)7-15-6-8(5-11(15)12(17)18)10-3-4-13-14-10/h3-4,8-9,11,16H,2,5-7H2,1H3,(H,13,14)(H,17,18). The molecule has 2 rings (SSSR count). The quantitative estimate of drug-likeness (QED) is 0.707. The average molecular weight is 253 g/mol. The van der Waals surface area contributed by atoms with E-state index in [1.807, 2.05) is 17.9 Å². The molecule has 2 heterocycles. The van der Waals surface area contributed by atoms with Gasteiger partial charge in [0, 0.05) is 30.9 Å². The smallest absolute Gasteiger partial charge is 0.320 e. The Kier molecular flexibility index (Phi) is 3.98. The van der Waals surface area contributed by atoms with Gasteiger partial charge in [-0.1, -0.05) is 6.92 Å². The molecule has 3 atom stereocenters. The van der Waals surface area contributed by atoms with Crippen LogP contribution in [0.1, 0.15) is 31.4 Å². The monoisotopic (exact) mass is 253 g/mol. The third kappa shape index (κ3) is 2.70. The number of aromatic amines is 1. The number of β-amino-alcohol motifs (C(OH)–C–C–N with tert-alkyl or cyclic N) is 1. The van der Waals surface area contributed by atoms with Gasteiger partial charge in [-0.25, -0.2) is 0 Å². The lowest BCUT2D eigenvalue weighted by molar-refractivity contribution is -0.142. The van der Waals surface area contributed by atoms with Crippen LogP contribution in [0.4, 0.5) is 0 Å². The summed E-state index contributed by atoms with van der Waals surface area (Å²) >= 11 is 0. The summed E-state index contributed by atoms with van der Waals surface area (Å²) in [6.45, 7) is 2.96. The average Bonchev–Trinajstić information content (AvgIpc) is 2.96. The number of hydrogen-bond donors (Lipinski definition) is 3. The molecule has 0 saturated carbocycles. The molecule has 1 saturated heterocycles. The summed E-state index contributed by atoms with van der Waals surface area (Å²) in [4.78, 5) is 13.1. The van der Waals surface area contributed by atoms with Gasteiger partial charge in [0.2, 0.25) is 0 Å². The molecule has 0 aliphatic carbocycles. The number of H-pyrrole nitrogens is 1. The van der Waals surface area contributed by atoms with Crippen LogP contribution in [-0.2, 0) is 4.79 Å². The van der Waals surface area contributed by atoms with E-state index in [-0.39, 0.29) is 5.92 Å². The van der Waals surface area contributed by atoms with E-state index in [9.17, 15) is 15.0 Å². The van der Waals surface area contributed by atoms with Gasteiger partial charge in [0.1, 0.15) is 6.04 Å². The SMILES string of the molecule is CCC(O)CN1CC(c2ccn[nH]2)CC1C(=O)O. The molecule has 0 radical (unpaired) electrons. The molecule has 3 unspecified atom stereocenters. The molecule has 0 bridgehead atoms. The number of rotatable bonds is 5. The lowest BCUT2D eigenvalue weighted by Crippen LogP contribution is -2.40. The minimum atomic E-state index is -0.819. The molecule has 1 aliphatic rings. The van der Waals surface area contributed by atoms with Gasteiger partial charge in [0.05, 0.1) is 6.10 Å². The van der Waals surface area contributed by atoms with Gasteiger partial charge in [-0.15, -0.1) is 0 Å². The molecule has 0 amide bonds. The van der Waals surface area contributed by atoms with Crippen LogP contribution in [0.25, 0.3) is 0 Å². The highest BCUT2D eigenvalue weighted by molar-refractivity contribution is 5.74. The van der Waals surface area contributed by atoms with Crippen molar-refractivity contribution in [2.45, 2.75) is 37.8 Å². The van der Waals surface area contributed by atoms with Crippen LogP contribution in [0, 0.1) is 0 Å². The lowest BCUT2D eigenvalue weighted by Gasteiger charge is -2.23. The Morgan fingerprint density at radius 3 is 3.06 bits per heavy atom. The van der Waals surface area contributed by atoms with Crippen molar-refractivity contribution in [2.75, 3.05) is 13.1 Å². The molecule has 6 heteroatoms. The minimum Gasteiger partial charge on any atom is -0.480 e. The molecule has 1 aromatic heterocycles. The minimum absolute atomic E-state index is 0.151. The van der Waals surface area contributed by atoms with Gasteiger partial charge in [-0.05, 0) is 18.9 Å². The third-order valence-electron chi connectivity index (χ3n) is 3.57. The summed E-state index contributed by atoms with van der Waals surface area (Å²) < 4.78 is 0. The number of carboxylic acids is 1. The Balaban J connectivity index is 2.06. The van der Waals surface area contributed by atoms with Crippen molar-refractivity contribution < 1.29 is 15.0 Å². The number of aliphatic hydroxyl groups excluding tert-OH is 1. The van der Waals surface area contributed by atoms with E-state index in [0.29, 0.717) is 25.9 Å². The number of aliphatic carboxylic acids is 1. The summed E-state index contributed by atoms with van der Waals surface area (Å²) in [7, 11) is 0. The second-order valence-corrected chi connectivity index (χ2v) is 4.81. The number of carbonyl (C=O) groups is 1. The Bertz CT molecular complexity index is 393. The van der Waals surface area contributed by atoms with Crippen molar-refractivity contribution in [2.24, 2.45) is 0 Å². The first-order valence-corrected chi connectivity index (χ1v) is 6.26. The number of nitrogens with one attached hydrogen (secondary N) is 1. The normalized spacial score (nSPS) is 26.3. The number of hydrogen-bond acceptors (Lipinski definition) is 4. The summed E-state index contributed by atoms with van der Waals surface area (Å²) in [5, 5.41) is 25.7. The fourth-order valence-electron chi connectivity index (χ4n) is 2.48. The molecule has 0 aromatic carbocycles. The molecule has 1 aliphatic heterocycles. The van der Waals surface area contributed by atoms with Crippen LogP contribution in [0.5, 0.6) is 0 Å². The summed E-state index contributed by atoms with van der Waals surface area (Å²) in [6, 6.07) is 1.36. The van der Waals surface area contributed by atoms with E-state index in [2.05, 4.69) is 10.2 Å². The molecule has 18 heavy (non-hydrogen) atoms. The van der Waals surface area contributed by atoms with E-state index >= 15 is 0 Å². The van der Waals surface area contributed by atoms with Crippen molar-refractivity contribution >= 4 is 5.97 Å². The van der Waals surface area contributed by atoms with Crippen molar-refractivity contribution in [3.05, 3.63) is 18.0 Å². The van der Waals surface area contributed by atoms with Crippen molar-refractivity contribution in [3.63, 3.8) is 0 Å². The molecular weight excluding hydrogens is 234 g/mol. The van der Waals surface area contributed by atoms with E-state index in [4.69, 9.17) is 0 Å². The fraction of sp³-hybridized carbons (Fsp3) is 0.667. The van der Waals surface area contributed by atoms with E-state index in [1.54, 1.807) is 6.20 Å². The van der Waals surface area contributed by atoms with Crippen LogP contribution >= 0.6 is 0 Å². The first kappa shape index (κ1) is 13.0. The molecular formula is C12H19N3O3. The Morgan fingerprint density at radius 1 is 1.72 bits per heavy atom. The topological polar surface area (TPSA) is 89.5 Å². The van der Waals surface area contributed by atoms with Gasteiger partial charge in [0.25, 0.3) is 0 Å². The van der Waals surface area contributed by atoms with Crippen molar-refractivity contribution in [1.82, 2.24) is 15.1 Å². The van der Waals surface area contributed by atoms with Gasteiger partial charge in [0.15, 0.2) is 0 Å². The lowest BCUT2D eigenvalue weighted by atomic mass is 10.0. The molecule has 100 valence electrons. The Labute approximate surface area is 106 Å². The van der Waals surface area contributed by atoms with Gasteiger partial charge in [-0.2, -0.15) is 5.10 Å². The number of aromatic nitrogens is 2. The zero-order valence-electron chi connectivity index (χ0n) is 10.4. The number of nitrogens with zero attached hydrogens (tertiary/aromatic N) is 2. The van der Waals surface area contributed by atoms with Crippen LogP contribution in [0.15, 0.2) is 12.3 Å². The Morgan fingerprint density at radius 2 is 2.50 bits per heavy atom. The molecule has 1 fully saturated rings. The fourth-order valence-corrected chi connectivity index (χ4v) is 2.48. The number of aliphatic hydroxyl groups is 1. The van der Waals surface area contributed by atoms with Crippen molar-refractivity contribution in [3.8, 4) is 0 Å². The summed E-state index contributed by atoms with van der Waals surface area (Å²) in [5.74, 6) is -0.669. The highest BCUT2D eigenvalue weighted by atomic mass is 16.4. The van der Waals surface area contributed by atoms with Crippen LogP contribution in [-0.4, -0.2) is 56.5 Å². The second-order valence-electron chi connectivity index (χ2n) is 4.81. The highest BCUT2D eigenvalue weighted by Crippen LogP contribution is 2.30. The Hall–Kier alpha value is -1.40. The second kappa shape index (κ2) is 5.49. The molecule has 0 spiro atoms. The molecule has 6 nitrogen and oxygen atoms in total. The largest absolute Gasteiger partial charge is 0.480 e. The van der Waals surface area contributed by atoms with Gasteiger partial charge < -0.3 is 10.2 Å². The zero-order valence-corrected chi connectivity index (χ0v) is 10.4. The maximum Gasteiger partial charge on any atom is 0.320 e. The third-order valence-corrected chi connectivity index (χ3v) is 3.57. The maximum absolute atomic E-state index is 11.2. The van der Waals surface area contributed by atoms with Crippen LogP contribution < -0.4 is 0 Å². The van der Waals surface area contributed by atoms with Gasteiger partial charge in [-0.3, -0.25) is 14.8 Å².